The number of fused-ring (bicyclic) bond motifs is 1. The number of esters is 1. The van der Waals surface area contributed by atoms with Crippen LogP contribution >= 0.6 is 0 Å². The van der Waals surface area contributed by atoms with Crippen LogP contribution in [-0.4, -0.2) is 49.0 Å². The van der Waals surface area contributed by atoms with Crippen LogP contribution in [-0.2, 0) is 19.1 Å². The van der Waals surface area contributed by atoms with Gasteiger partial charge in [-0.25, -0.2) is 0 Å². The molecule has 2 amide bonds. The fourth-order valence-corrected chi connectivity index (χ4v) is 4.16. The summed E-state index contributed by atoms with van der Waals surface area (Å²) >= 11 is 0. The molecular formula is C19H24N2O5. The number of rotatable bonds is 5. The van der Waals surface area contributed by atoms with Crippen LogP contribution in [0.2, 0.25) is 0 Å². The Morgan fingerprint density at radius 1 is 1.19 bits per heavy atom. The molecule has 0 unspecified atom stereocenters. The smallest absolute Gasteiger partial charge is 0.327 e. The van der Waals surface area contributed by atoms with Crippen LogP contribution in [0.5, 0.6) is 5.75 Å². The predicted octanol–water partition coefficient (Wildman–Crippen LogP) is 1.28. The van der Waals surface area contributed by atoms with Crippen molar-refractivity contribution in [2.45, 2.75) is 31.8 Å². The van der Waals surface area contributed by atoms with Crippen molar-refractivity contribution in [3.63, 3.8) is 0 Å². The van der Waals surface area contributed by atoms with Crippen molar-refractivity contribution in [1.82, 2.24) is 10.2 Å². The lowest BCUT2D eigenvalue weighted by Gasteiger charge is -2.31. The lowest BCUT2D eigenvalue weighted by atomic mass is 9.78. The topological polar surface area (TPSA) is 84.9 Å². The monoisotopic (exact) mass is 360 g/mol. The van der Waals surface area contributed by atoms with Gasteiger partial charge in [0.15, 0.2) is 0 Å². The van der Waals surface area contributed by atoms with E-state index in [4.69, 9.17) is 9.47 Å². The molecule has 2 aliphatic heterocycles. The fourth-order valence-electron chi connectivity index (χ4n) is 4.16. The first-order valence-electron chi connectivity index (χ1n) is 8.81. The number of nitrogens with zero attached hydrogens (tertiary/aromatic N) is 1. The zero-order valence-corrected chi connectivity index (χ0v) is 15.4. The molecule has 0 aromatic heterocycles. The van der Waals surface area contributed by atoms with Crippen LogP contribution in [0.25, 0.3) is 0 Å². The summed E-state index contributed by atoms with van der Waals surface area (Å²) in [5.74, 6) is -1.79. The van der Waals surface area contributed by atoms with Gasteiger partial charge in [0, 0.05) is 13.1 Å². The Balaban J connectivity index is 2.07. The molecule has 0 aliphatic carbocycles. The number of hydrogen-bond donors (Lipinski definition) is 1. The highest BCUT2D eigenvalue weighted by Crippen LogP contribution is 2.50. The van der Waals surface area contributed by atoms with Crippen LogP contribution in [0, 0.1) is 11.8 Å². The summed E-state index contributed by atoms with van der Waals surface area (Å²) in [5, 5.41) is 3.29. The number of ether oxygens (including phenoxy) is 2. The van der Waals surface area contributed by atoms with Crippen LogP contribution in [0.15, 0.2) is 24.3 Å². The molecule has 2 aliphatic rings. The SMILES string of the molecule is CCOC(=O)[C@]1(CC)N[C@@H](c2ccc(OC)cc2)[C@H]2C(=O)N(C)C(=O)[C@H]21. The Labute approximate surface area is 152 Å². The van der Waals surface area contributed by atoms with Gasteiger partial charge in [-0.2, -0.15) is 0 Å². The van der Waals surface area contributed by atoms with Crippen LogP contribution in [0.3, 0.4) is 0 Å². The molecule has 0 bridgehead atoms. The van der Waals surface area contributed by atoms with Crippen molar-refractivity contribution in [3.05, 3.63) is 29.8 Å². The Hall–Kier alpha value is -2.41. The molecule has 1 N–H and O–H groups in total. The van der Waals surface area contributed by atoms with E-state index < -0.39 is 29.4 Å². The number of likely N-dealkylation sites (tertiary alicyclic amines) is 1. The van der Waals surface area contributed by atoms with E-state index in [0.717, 1.165) is 10.5 Å². The summed E-state index contributed by atoms with van der Waals surface area (Å²) in [6.07, 6.45) is 0.354. The maximum absolute atomic E-state index is 12.8. The lowest BCUT2D eigenvalue weighted by molar-refractivity contribution is -0.156. The number of amides is 2. The van der Waals surface area contributed by atoms with Crippen molar-refractivity contribution in [2.75, 3.05) is 20.8 Å². The molecule has 7 nitrogen and oxygen atoms in total. The summed E-state index contributed by atoms with van der Waals surface area (Å²) in [6, 6.07) is 6.85. The van der Waals surface area contributed by atoms with E-state index >= 15 is 0 Å². The van der Waals surface area contributed by atoms with E-state index in [9.17, 15) is 14.4 Å². The second-order valence-electron chi connectivity index (χ2n) is 6.68. The maximum atomic E-state index is 12.8. The standard InChI is InChI=1S/C19H24N2O5/c1-5-19(18(24)26-6-2)14-13(16(22)21(3)17(14)23)15(20-19)11-7-9-12(25-4)10-8-11/h7-10,13-15,20H,5-6H2,1-4H3/t13-,14-,15-,19+/m0/s1. The summed E-state index contributed by atoms with van der Waals surface area (Å²) in [5.41, 5.74) is -0.375. The van der Waals surface area contributed by atoms with Crippen molar-refractivity contribution >= 4 is 17.8 Å². The van der Waals surface area contributed by atoms with E-state index in [1.54, 1.807) is 26.2 Å². The molecule has 2 saturated heterocycles. The number of hydrogen-bond acceptors (Lipinski definition) is 6. The van der Waals surface area contributed by atoms with Crippen LogP contribution in [0.1, 0.15) is 31.9 Å². The van der Waals surface area contributed by atoms with Gasteiger partial charge in [-0.1, -0.05) is 19.1 Å². The molecule has 0 spiro atoms. The van der Waals surface area contributed by atoms with Gasteiger partial charge >= 0.3 is 5.97 Å². The van der Waals surface area contributed by atoms with Gasteiger partial charge in [0.25, 0.3) is 0 Å². The molecule has 7 heteroatoms. The van der Waals surface area contributed by atoms with Crippen LogP contribution in [0.4, 0.5) is 0 Å². The van der Waals surface area contributed by atoms with Crippen molar-refractivity contribution in [1.29, 1.82) is 0 Å². The minimum atomic E-state index is -1.21. The average molecular weight is 360 g/mol. The van der Waals surface area contributed by atoms with Crippen molar-refractivity contribution in [2.24, 2.45) is 11.8 Å². The molecule has 140 valence electrons. The first-order chi connectivity index (χ1) is 12.4. The number of methoxy groups -OCH3 is 1. The Morgan fingerprint density at radius 2 is 1.85 bits per heavy atom. The number of carbonyl (C=O) groups excluding carboxylic acids is 3. The van der Waals surface area contributed by atoms with Gasteiger partial charge < -0.3 is 9.47 Å². The summed E-state index contributed by atoms with van der Waals surface area (Å²) in [6.45, 7) is 3.76. The van der Waals surface area contributed by atoms with E-state index in [0.29, 0.717) is 12.2 Å². The van der Waals surface area contributed by atoms with Gasteiger partial charge in [-0.15, -0.1) is 0 Å². The summed E-state index contributed by atoms with van der Waals surface area (Å²) < 4.78 is 10.4. The Bertz CT molecular complexity index is 732. The summed E-state index contributed by atoms with van der Waals surface area (Å²) in [7, 11) is 3.05. The number of nitrogens with one attached hydrogen (secondary N) is 1. The normalized spacial score (nSPS) is 30.5. The number of benzene rings is 1. The Morgan fingerprint density at radius 3 is 2.38 bits per heavy atom. The molecule has 2 fully saturated rings. The molecular weight excluding hydrogens is 336 g/mol. The lowest BCUT2D eigenvalue weighted by Crippen LogP contribution is -2.55. The second kappa shape index (κ2) is 6.72. The van der Waals surface area contributed by atoms with Crippen LogP contribution < -0.4 is 10.1 Å². The first kappa shape index (κ1) is 18.4. The molecule has 3 rings (SSSR count). The minimum absolute atomic E-state index is 0.213. The number of imide groups is 1. The van der Waals surface area contributed by atoms with Gasteiger partial charge in [-0.05, 0) is 31.0 Å². The second-order valence-corrected chi connectivity index (χ2v) is 6.68. The van der Waals surface area contributed by atoms with Gasteiger partial charge in [0.1, 0.15) is 11.3 Å². The zero-order valence-electron chi connectivity index (χ0n) is 15.4. The quantitative estimate of drug-likeness (QED) is 0.629. The molecule has 26 heavy (non-hydrogen) atoms. The Kier molecular flexibility index (Phi) is 4.75. The molecule has 4 atom stereocenters. The average Bonchev–Trinajstić information content (AvgIpc) is 3.12. The van der Waals surface area contributed by atoms with E-state index in [2.05, 4.69) is 5.32 Å². The minimum Gasteiger partial charge on any atom is -0.497 e. The van der Waals surface area contributed by atoms with E-state index in [1.165, 1.54) is 7.05 Å². The third-order valence-corrected chi connectivity index (χ3v) is 5.55. The van der Waals surface area contributed by atoms with Gasteiger partial charge in [0.05, 0.1) is 25.6 Å². The maximum Gasteiger partial charge on any atom is 0.327 e. The molecule has 0 saturated carbocycles. The molecule has 2 heterocycles. The van der Waals surface area contributed by atoms with Crippen molar-refractivity contribution < 1.29 is 23.9 Å². The fraction of sp³-hybridized carbons (Fsp3) is 0.526. The molecule has 1 aromatic rings. The third kappa shape index (κ3) is 2.49. The van der Waals surface area contributed by atoms with E-state index in [-0.39, 0.29) is 18.4 Å². The highest BCUT2D eigenvalue weighted by atomic mass is 16.5. The summed E-state index contributed by atoms with van der Waals surface area (Å²) in [4.78, 5) is 39.5. The van der Waals surface area contributed by atoms with Gasteiger partial charge in [-0.3, -0.25) is 24.6 Å². The predicted molar refractivity (Wildman–Crippen MR) is 93.3 cm³/mol. The molecule has 1 aromatic carbocycles. The van der Waals surface area contributed by atoms with Gasteiger partial charge in [0.2, 0.25) is 11.8 Å². The zero-order chi connectivity index (χ0) is 19.1. The highest BCUT2D eigenvalue weighted by molar-refractivity contribution is 6.09. The first-order valence-corrected chi connectivity index (χ1v) is 8.81. The largest absolute Gasteiger partial charge is 0.497 e. The highest BCUT2D eigenvalue weighted by Gasteiger charge is 2.67. The van der Waals surface area contributed by atoms with E-state index in [1.807, 2.05) is 19.1 Å². The van der Waals surface area contributed by atoms with Crippen molar-refractivity contribution in [3.8, 4) is 5.75 Å². The number of carbonyl (C=O) groups is 3. The third-order valence-electron chi connectivity index (χ3n) is 5.55. The molecule has 0 radical (unpaired) electrons.